The van der Waals surface area contributed by atoms with Gasteiger partial charge in [-0.2, -0.15) is 0 Å². The van der Waals surface area contributed by atoms with E-state index >= 15 is 0 Å². The van der Waals surface area contributed by atoms with Crippen LogP contribution in [0.15, 0.2) is 58.1 Å². The van der Waals surface area contributed by atoms with Crippen molar-refractivity contribution in [3.05, 3.63) is 80.0 Å². The second-order valence-electron chi connectivity index (χ2n) is 7.28. The molecule has 0 unspecified atom stereocenters. The summed E-state index contributed by atoms with van der Waals surface area (Å²) >= 11 is 5.97. The van der Waals surface area contributed by atoms with Crippen LogP contribution < -0.4 is 16.6 Å². The van der Waals surface area contributed by atoms with Gasteiger partial charge in [-0.15, -0.1) is 0 Å². The van der Waals surface area contributed by atoms with Crippen LogP contribution in [0.1, 0.15) is 38.2 Å². The van der Waals surface area contributed by atoms with E-state index in [-0.39, 0.29) is 23.7 Å². The summed E-state index contributed by atoms with van der Waals surface area (Å²) in [6.07, 6.45) is 2.48. The molecule has 0 fully saturated rings. The molecule has 0 aliphatic heterocycles. The number of hydrogen-bond donors (Lipinski definition) is 1. The molecule has 6 nitrogen and oxygen atoms in total. The molecule has 3 aromatic rings. The van der Waals surface area contributed by atoms with E-state index in [0.29, 0.717) is 48.3 Å². The third kappa shape index (κ3) is 5.19. The summed E-state index contributed by atoms with van der Waals surface area (Å²) in [5, 5.41) is 3.97. The highest BCUT2D eigenvalue weighted by Gasteiger charge is 2.13. The number of carbonyl (C=O) groups is 1. The van der Waals surface area contributed by atoms with Gasteiger partial charge in [0.25, 0.3) is 5.56 Å². The molecule has 30 heavy (non-hydrogen) atoms. The van der Waals surface area contributed by atoms with Crippen molar-refractivity contribution >= 4 is 28.4 Å². The zero-order valence-electron chi connectivity index (χ0n) is 17.1. The van der Waals surface area contributed by atoms with Gasteiger partial charge in [-0.05, 0) is 49.1 Å². The first kappa shape index (κ1) is 21.8. The lowest BCUT2D eigenvalue weighted by molar-refractivity contribution is -0.121. The maximum Gasteiger partial charge on any atom is 0.331 e. The molecule has 3 rings (SSSR count). The highest BCUT2D eigenvalue weighted by atomic mass is 35.5. The van der Waals surface area contributed by atoms with E-state index in [4.69, 9.17) is 11.6 Å². The fraction of sp³-hybridized carbons (Fsp3) is 0.348. The summed E-state index contributed by atoms with van der Waals surface area (Å²) in [5.41, 5.74) is 0.893. The van der Waals surface area contributed by atoms with Crippen LogP contribution in [0.4, 0.5) is 0 Å². The van der Waals surface area contributed by atoms with Gasteiger partial charge in [0, 0.05) is 24.5 Å². The zero-order valence-corrected chi connectivity index (χ0v) is 17.8. The molecule has 158 valence electrons. The van der Waals surface area contributed by atoms with Crippen molar-refractivity contribution in [1.29, 1.82) is 0 Å². The Morgan fingerprint density at radius 3 is 2.47 bits per heavy atom. The standard InChI is InChI=1S/C23H26ClN3O3/c1-2-14-25-21(28)9-5-6-15-26-22(29)19-7-3-4-8-20(19)27(23(26)30)16-17-10-12-18(24)13-11-17/h3-4,7-8,10-13H,2,5-6,9,14-16H2,1H3,(H,25,28). The minimum absolute atomic E-state index is 0.00265. The number of nitrogens with zero attached hydrogens (tertiary/aromatic N) is 2. The molecule has 0 aliphatic carbocycles. The predicted molar refractivity (Wildman–Crippen MR) is 120 cm³/mol. The summed E-state index contributed by atoms with van der Waals surface area (Å²) in [5.74, 6) is 0.00265. The van der Waals surface area contributed by atoms with Gasteiger partial charge in [-0.3, -0.25) is 18.7 Å². The molecule has 0 bridgehead atoms. The number of hydrogen-bond acceptors (Lipinski definition) is 3. The summed E-state index contributed by atoms with van der Waals surface area (Å²) in [7, 11) is 0. The van der Waals surface area contributed by atoms with Gasteiger partial charge in [-0.1, -0.05) is 42.8 Å². The molecular weight excluding hydrogens is 402 g/mol. The van der Waals surface area contributed by atoms with E-state index in [2.05, 4.69) is 5.32 Å². The van der Waals surface area contributed by atoms with Crippen molar-refractivity contribution in [3.8, 4) is 0 Å². The van der Waals surface area contributed by atoms with Crippen molar-refractivity contribution in [1.82, 2.24) is 14.5 Å². The highest BCUT2D eigenvalue weighted by Crippen LogP contribution is 2.13. The second-order valence-corrected chi connectivity index (χ2v) is 7.71. The number of unbranched alkanes of at least 4 members (excludes halogenated alkanes) is 1. The summed E-state index contributed by atoms with van der Waals surface area (Å²) < 4.78 is 2.90. The van der Waals surface area contributed by atoms with Gasteiger partial charge in [0.1, 0.15) is 0 Å². The Labute approximate surface area is 180 Å². The van der Waals surface area contributed by atoms with Crippen LogP contribution in [0.3, 0.4) is 0 Å². The SMILES string of the molecule is CCCNC(=O)CCCCn1c(=O)c2ccccc2n(Cc2ccc(Cl)cc2)c1=O. The van der Waals surface area contributed by atoms with E-state index in [9.17, 15) is 14.4 Å². The summed E-state index contributed by atoms with van der Waals surface area (Å²) in [4.78, 5) is 37.8. The van der Waals surface area contributed by atoms with Crippen molar-refractivity contribution in [2.24, 2.45) is 0 Å². The highest BCUT2D eigenvalue weighted by molar-refractivity contribution is 6.30. The Balaban J connectivity index is 1.86. The van der Waals surface area contributed by atoms with E-state index in [1.54, 1.807) is 34.9 Å². The Kier molecular flexibility index (Phi) is 7.46. The summed E-state index contributed by atoms with van der Waals surface area (Å²) in [6, 6.07) is 14.4. The van der Waals surface area contributed by atoms with Gasteiger partial charge in [0.15, 0.2) is 0 Å². The maximum atomic E-state index is 13.2. The van der Waals surface area contributed by atoms with Crippen molar-refractivity contribution in [3.63, 3.8) is 0 Å². The minimum Gasteiger partial charge on any atom is -0.356 e. The molecule has 1 heterocycles. The molecule has 1 N–H and O–H groups in total. The maximum absolute atomic E-state index is 13.2. The molecule has 1 aromatic heterocycles. The number of benzene rings is 2. The lowest BCUT2D eigenvalue weighted by Gasteiger charge is -2.14. The molecule has 1 amide bonds. The normalized spacial score (nSPS) is 11.0. The van der Waals surface area contributed by atoms with Crippen molar-refractivity contribution < 1.29 is 4.79 Å². The number of nitrogens with one attached hydrogen (secondary N) is 1. The Hall–Kier alpha value is -2.86. The van der Waals surface area contributed by atoms with Gasteiger partial charge >= 0.3 is 5.69 Å². The van der Waals surface area contributed by atoms with Crippen LogP contribution in [0.2, 0.25) is 5.02 Å². The van der Waals surface area contributed by atoms with Gasteiger partial charge < -0.3 is 5.32 Å². The Bertz CT molecular complexity index is 1130. The zero-order chi connectivity index (χ0) is 21.5. The fourth-order valence-corrected chi connectivity index (χ4v) is 3.53. The van der Waals surface area contributed by atoms with Gasteiger partial charge in [-0.25, -0.2) is 4.79 Å². The van der Waals surface area contributed by atoms with E-state index in [0.717, 1.165) is 12.0 Å². The number of aromatic nitrogens is 2. The van der Waals surface area contributed by atoms with Crippen LogP contribution in [-0.2, 0) is 17.9 Å². The molecule has 0 radical (unpaired) electrons. The molecule has 0 aliphatic rings. The Morgan fingerprint density at radius 2 is 1.73 bits per heavy atom. The minimum atomic E-state index is -0.343. The molecule has 2 aromatic carbocycles. The largest absolute Gasteiger partial charge is 0.356 e. The lowest BCUT2D eigenvalue weighted by Crippen LogP contribution is -2.40. The molecule has 0 atom stereocenters. The van der Waals surface area contributed by atoms with Gasteiger partial charge in [0.2, 0.25) is 5.91 Å². The lowest BCUT2D eigenvalue weighted by atomic mass is 10.2. The monoisotopic (exact) mass is 427 g/mol. The average Bonchev–Trinajstić information content (AvgIpc) is 2.76. The first-order valence-corrected chi connectivity index (χ1v) is 10.6. The third-order valence-corrected chi connectivity index (χ3v) is 5.25. The molecule has 0 saturated heterocycles. The first-order chi connectivity index (χ1) is 14.5. The topological polar surface area (TPSA) is 73.1 Å². The molecular formula is C23H26ClN3O3. The smallest absolute Gasteiger partial charge is 0.331 e. The van der Waals surface area contributed by atoms with Gasteiger partial charge in [0.05, 0.1) is 17.4 Å². The van der Waals surface area contributed by atoms with Crippen LogP contribution in [-0.4, -0.2) is 21.6 Å². The van der Waals surface area contributed by atoms with E-state index in [1.807, 2.05) is 25.1 Å². The molecule has 0 spiro atoms. The fourth-order valence-electron chi connectivity index (χ4n) is 3.40. The van der Waals surface area contributed by atoms with Crippen LogP contribution in [0.5, 0.6) is 0 Å². The predicted octanol–water partition coefficient (Wildman–Crippen LogP) is 3.56. The van der Waals surface area contributed by atoms with Crippen molar-refractivity contribution in [2.75, 3.05) is 6.54 Å². The number of para-hydroxylation sites is 1. The molecule has 7 heteroatoms. The Morgan fingerprint density at radius 1 is 1.00 bits per heavy atom. The van der Waals surface area contributed by atoms with E-state index in [1.165, 1.54) is 4.57 Å². The van der Waals surface area contributed by atoms with Crippen molar-refractivity contribution in [2.45, 2.75) is 45.7 Å². The van der Waals surface area contributed by atoms with E-state index < -0.39 is 0 Å². The number of carbonyl (C=O) groups excluding carboxylic acids is 1. The number of amides is 1. The average molecular weight is 428 g/mol. The van der Waals surface area contributed by atoms with Crippen LogP contribution >= 0.6 is 11.6 Å². The number of halogens is 1. The van der Waals surface area contributed by atoms with Crippen LogP contribution in [0, 0.1) is 0 Å². The quantitative estimate of drug-likeness (QED) is 0.530. The summed E-state index contributed by atoms with van der Waals surface area (Å²) in [6.45, 7) is 3.29. The number of fused-ring (bicyclic) bond motifs is 1. The molecule has 0 saturated carbocycles. The first-order valence-electron chi connectivity index (χ1n) is 10.2. The number of rotatable bonds is 9. The second kappa shape index (κ2) is 10.3. The van der Waals surface area contributed by atoms with Crippen LogP contribution in [0.25, 0.3) is 10.9 Å². The third-order valence-electron chi connectivity index (χ3n) is 4.99.